The van der Waals surface area contributed by atoms with Gasteiger partial charge in [0.25, 0.3) is 5.91 Å². The number of nitrogens with one attached hydrogen (secondary N) is 3. The summed E-state index contributed by atoms with van der Waals surface area (Å²) < 4.78 is 0. The number of carbonyl (C=O) groups is 3. The molecule has 132 valence electrons. The monoisotopic (exact) mass is 334 g/mol. The van der Waals surface area contributed by atoms with Crippen LogP contribution in [0.15, 0.2) is 24.3 Å². The smallest absolute Gasteiger partial charge is 0.251 e. The van der Waals surface area contributed by atoms with Crippen LogP contribution in [-0.2, 0) is 9.59 Å². The van der Waals surface area contributed by atoms with Crippen LogP contribution < -0.4 is 21.7 Å². The van der Waals surface area contributed by atoms with E-state index in [1.165, 1.54) is 0 Å². The Labute approximate surface area is 142 Å². The minimum absolute atomic E-state index is 0.000500. The fourth-order valence-electron chi connectivity index (χ4n) is 1.84. The van der Waals surface area contributed by atoms with Gasteiger partial charge >= 0.3 is 0 Å². The van der Waals surface area contributed by atoms with E-state index >= 15 is 0 Å². The first-order chi connectivity index (χ1) is 11.3. The van der Waals surface area contributed by atoms with Gasteiger partial charge < -0.3 is 21.7 Å². The van der Waals surface area contributed by atoms with Crippen molar-refractivity contribution in [1.29, 1.82) is 0 Å². The number of nitrogens with two attached hydrogens (primary N) is 1. The van der Waals surface area contributed by atoms with Gasteiger partial charge in [0.15, 0.2) is 0 Å². The Kier molecular flexibility index (Phi) is 7.91. The second kappa shape index (κ2) is 9.67. The summed E-state index contributed by atoms with van der Waals surface area (Å²) in [7, 11) is 0. The molecule has 0 saturated heterocycles. The molecule has 5 N–H and O–H groups in total. The van der Waals surface area contributed by atoms with Gasteiger partial charge in [-0.05, 0) is 36.6 Å². The molecule has 3 amide bonds. The number of rotatable bonds is 8. The standard InChI is InChI=1S/C17H26N4O3/c1-4-9-19-16(23)12-5-7-13(8-6-12)21-14(22)10-20-17(24)15(18)11(2)3/h5-8,11,15H,4,9-10,18H2,1-3H3,(H,19,23)(H,20,24)(H,21,22)/t15-/m0/s1. The third kappa shape index (κ3) is 6.37. The normalized spacial score (nSPS) is 11.7. The van der Waals surface area contributed by atoms with E-state index in [1.54, 1.807) is 24.3 Å². The summed E-state index contributed by atoms with van der Waals surface area (Å²) in [5.41, 5.74) is 6.77. The van der Waals surface area contributed by atoms with Crippen LogP contribution in [0.4, 0.5) is 5.69 Å². The molecule has 0 unspecified atom stereocenters. The Morgan fingerprint density at radius 2 is 1.71 bits per heavy atom. The first kappa shape index (κ1) is 19.6. The fourth-order valence-corrected chi connectivity index (χ4v) is 1.84. The summed E-state index contributed by atoms with van der Waals surface area (Å²) in [6, 6.07) is 5.90. The molecule has 1 aromatic rings. The van der Waals surface area contributed by atoms with Gasteiger partial charge in [0, 0.05) is 17.8 Å². The average Bonchev–Trinajstić information content (AvgIpc) is 2.57. The number of carbonyl (C=O) groups excluding carboxylic acids is 3. The molecule has 0 spiro atoms. The zero-order valence-electron chi connectivity index (χ0n) is 14.4. The van der Waals surface area contributed by atoms with E-state index in [4.69, 9.17) is 5.73 Å². The van der Waals surface area contributed by atoms with E-state index in [0.717, 1.165) is 6.42 Å². The molecular formula is C17H26N4O3. The Hall–Kier alpha value is -2.41. The predicted octanol–water partition coefficient (Wildman–Crippen LogP) is 0.864. The zero-order valence-corrected chi connectivity index (χ0v) is 14.4. The topological polar surface area (TPSA) is 113 Å². The lowest BCUT2D eigenvalue weighted by Gasteiger charge is -2.15. The number of amides is 3. The molecule has 0 radical (unpaired) electrons. The summed E-state index contributed by atoms with van der Waals surface area (Å²) in [4.78, 5) is 35.3. The second-order valence-corrected chi connectivity index (χ2v) is 5.87. The van der Waals surface area contributed by atoms with Crippen LogP contribution in [0.5, 0.6) is 0 Å². The van der Waals surface area contributed by atoms with Gasteiger partial charge in [-0.2, -0.15) is 0 Å². The number of anilines is 1. The molecule has 1 rings (SSSR count). The molecule has 1 atom stereocenters. The SMILES string of the molecule is CCCNC(=O)c1ccc(NC(=O)CNC(=O)[C@@H](N)C(C)C)cc1. The maximum Gasteiger partial charge on any atom is 0.251 e. The van der Waals surface area contributed by atoms with Crippen LogP contribution in [0, 0.1) is 5.92 Å². The van der Waals surface area contributed by atoms with Crippen molar-refractivity contribution in [3.8, 4) is 0 Å². The molecule has 0 aliphatic carbocycles. The number of hydrogen-bond donors (Lipinski definition) is 4. The first-order valence-corrected chi connectivity index (χ1v) is 8.06. The third-order valence-corrected chi connectivity index (χ3v) is 3.41. The lowest BCUT2D eigenvalue weighted by atomic mass is 10.1. The molecule has 0 aliphatic rings. The van der Waals surface area contributed by atoms with E-state index in [1.807, 2.05) is 20.8 Å². The van der Waals surface area contributed by atoms with Crippen LogP contribution in [0.25, 0.3) is 0 Å². The van der Waals surface area contributed by atoms with Gasteiger partial charge in [-0.15, -0.1) is 0 Å². The third-order valence-electron chi connectivity index (χ3n) is 3.41. The van der Waals surface area contributed by atoms with Crippen molar-refractivity contribution >= 4 is 23.4 Å². The van der Waals surface area contributed by atoms with E-state index in [9.17, 15) is 14.4 Å². The molecule has 0 heterocycles. The minimum Gasteiger partial charge on any atom is -0.352 e. The van der Waals surface area contributed by atoms with Crippen LogP contribution in [0.1, 0.15) is 37.6 Å². The highest BCUT2D eigenvalue weighted by Gasteiger charge is 2.17. The molecule has 7 heteroatoms. The van der Waals surface area contributed by atoms with Crippen LogP contribution in [0.2, 0.25) is 0 Å². The molecule has 0 bridgehead atoms. The van der Waals surface area contributed by atoms with E-state index in [0.29, 0.717) is 17.8 Å². The van der Waals surface area contributed by atoms with Gasteiger partial charge in [-0.3, -0.25) is 14.4 Å². The molecule has 0 aliphatic heterocycles. The molecule has 24 heavy (non-hydrogen) atoms. The molecule has 7 nitrogen and oxygen atoms in total. The number of benzene rings is 1. The maximum atomic E-state index is 11.8. The summed E-state index contributed by atoms with van der Waals surface area (Å²) in [5, 5.41) is 7.92. The highest BCUT2D eigenvalue weighted by Crippen LogP contribution is 2.09. The summed E-state index contributed by atoms with van der Waals surface area (Å²) >= 11 is 0. The zero-order chi connectivity index (χ0) is 18.1. The Bertz CT molecular complexity index is 570. The highest BCUT2D eigenvalue weighted by atomic mass is 16.2. The van der Waals surface area contributed by atoms with E-state index in [-0.39, 0.29) is 30.2 Å². The van der Waals surface area contributed by atoms with Gasteiger partial charge in [0.2, 0.25) is 11.8 Å². The van der Waals surface area contributed by atoms with E-state index in [2.05, 4.69) is 16.0 Å². The van der Waals surface area contributed by atoms with Crippen molar-refractivity contribution in [2.75, 3.05) is 18.4 Å². The molecule has 0 fully saturated rings. The molecular weight excluding hydrogens is 308 g/mol. The van der Waals surface area contributed by atoms with Crippen LogP contribution in [-0.4, -0.2) is 36.9 Å². The number of hydrogen-bond acceptors (Lipinski definition) is 4. The fraction of sp³-hybridized carbons (Fsp3) is 0.471. The van der Waals surface area contributed by atoms with Gasteiger partial charge in [-0.25, -0.2) is 0 Å². The van der Waals surface area contributed by atoms with Crippen molar-refractivity contribution in [1.82, 2.24) is 10.6 Å². The molecule has 0 aromatic heterocycles. The highest BCUT2D eigenvalue weighted by molar-refractivity contribution is 5.97. The van der Waals surface area contributed by atoms with E-state index < -0.39 is 6.04 Å². The minimum atomic E-state index is -0.640. The quantitative estimate of drug-likeness (QED) is 0.565. The lowest BCUT2D eigenvalue weighted by Crippen LogP contribution is -2.46. The van der Waals surface area contributed by atoms with Crippen LogP contribution >= 0.6 is 0 Å². The lowest BCUT2D eigenvalue weighted by molar-refractivity contribution is -0.125. The second-order valence-electron chi connectivity index (χ2n) is 5.87. The van der Waals surface area contributed by atoms with Crippen molar-refractivity contribution in [2.45, 2.75) is 33.2 Å². The van der Waals surface area contributed by atoms with Gasteiger partial charge in [0.05, 0.1) is 12.6 Å². The Balaban J connectivity index is 2.47. The van der Waals surface area contributed by atoms with Crippen molar-refractivity contribution in [3.63, 3.8) is 0 Å². The first-order valence-electron chi connectivity index (χ1n) is 8.06. The summed E-state index contributed by atoms with van der Waals surface area (Å²) in [6.07, 6.45) is 0.867. The summed E-state index contributed by atoms with van der Waals surface area (Å²) in [5.74, 6) is -0.866. The maximum absolute atomic E-state index is 11.8. The van der Waals surface area contributed by atoms with Crippen molar-refractivity contribution in [2.24, 2.45) is 11.7 Å². The van der Waals surface area contributed by atoms with Gasteiger partial charge in [0.1, 0.15) is 0 Å². The molecule has 0 saturated carbocycles. The Morgan fingerprint density at radius 3 is 2.25 bits per heavy atom. The largest absolute Gasteiger partial charge is 0.352 e. The van der Waals surface area contributed by atoms with Crippen LogP contribution in [0.3, 0.4) is 0 Å². The molecule has 1 aromatic carbocycles. The predicted molar refractivity (Wildman–Crippen MR) is 93.5 cm³/mol. The Morgan fingerprint density at radius 1 is 1.08 bits per heavy atom. The average molecular weight is 334 g/mol. The van der Waals surface area contributed by atoms with Crippen molar-refractivity contribution in [3.05, 3.63) is 29.8 Å². The van der Waals surface area contributed by atoms with Crippen molar-refractivity contribution < 1.29 is 14.4 Å². The van der Waals surface area contributed by atoms with Gasteiger partial charge in [-0.1, -0.05) is 20.8 Å². The summed E-state index contributed by atoms with van der Waals surface area (Å²) in [6.45, 7) is 6.12.